The molecule has 0 saturated carbocycles. The molecule has 0 aliphatic carbocycles. The van der Waals surface area contributed by atoms with Gasteiger partial charge in [0.2, 0.25) is 5.91 Å². The van der Waals surface area contributed by atoms with Gasteiger partial charge in [0.15, 0.2) is 0 Å². The summed E-state index contributed by atoms with van der Waals surface area (Å²) in [6.07, 6.45) is 1.76. The zero-order chi connectivity index (χ0) is 19.3. The molecule has 6 heteroatoms. The summed E-state index contributed by atoms with van der Waals surface area (Å²) < 4.78 is 5.23. The van der Waals surface area contributed by atoms with Gasteiger partial charge in [0, 0.05) is 12.5 Å². The Kier molecular flexibility index (Phi) is 5.58. The van der Waals surface area contributed by atoms with Crippen LogP contribution in [0.15, 0.2) is 48.5 Å². The number of imidazole rings is 1. The summed E-state index contributed by atoms with van der Waals surface area (Å²) in [5.74, 6) is 2.02. The Labute approximate surface area is 164 Å². The third kappa shape index (κ3) is 4.34. The number of ether oxygens (including phenoxy) is 1. The minimum atomic E-state index is 0.0810. The Morgan fingerprint density at radius 2 is 2.04 bits per heavy atom. The molecule has 28 heavy (non-hydrogen) atoms. The molecule has 2 heterocycles. The van der Waals surface area contributed by atoms with E-state index in [2.05, 4.69) is 20.2 Å². The van der Waals surface area contributed by atoms with E-state index in [0.29, 0.717) is 6.54 Å². The monoisotopic (exact) mass is 378 g/mol. The molecule has 0 atom stereocenters. The van der Waals surface area contributed by atoms with Crippen molar-refractivity contribution in [3.63, 3.8) is 0 Å². The van der Waals surface area contributed by atoms with Crippen LogP contribution in [0.3, 0.4) is 0 Å². The summed E-state index contributed by atoms with van der Waals surface area (Å²) >= 11 is 0. The summed E-state index contributed by atoms with van der Waals surface area (Å²) in [6.45, 7) is 3.16. The molecule has 1 saturated heterocycles. The zero-order valence-corrected chi connectivity index (χ0v) is 16.1. The van der Waals surface area contributed by atoms with E-state index >= 15 is 0 Å². The lowest BCUT2D eigenvalue weighted by Crippen LogP contribution is -2.40. The minimum absolute atomic E-state index is 0.0810. The number of likely N-dealkylation sites (tertiary alicyclic amines) is 1. The van der Waals surface area contributed by atoms with Crippen molar-refractivity contribution in [1.29, 1.82) is 0 Å². The number of amides is 1. The highest BCUT2D eigenvalue weighted by atomic mass is 16.5. The predicted molar refractivity (Wildman–Crippen MR) is 109 cm³/mol. The van der Waals surface area contributed by atoms with E-state index in [4.69, 9.17) is 4.74 Å². The standard InChI is InChI=1S/C22H26N4O2/c1-28-18-6-4-5-16(13-18)14-23-22(27)17-9-11-26(12-10-17)15-21-24-19-7-2-3-8-20(19)25-21/h2-8,13,17H,9-12,14-15H2,1H3,(H,23,27)(H,24,25). The van der Waals surface area contributed by atoms with Crippen molar-refractivity contribution in [2.24, 2.45) is 5.92 Å². The third-order valence-electron chi connectivity index (χ3n) is 5.37. The molecule has 1 aromatic heterocycles. The second-order valence-corrected chi connectivity index (χ2v) is 7.32. The lowest BCUT2D eigenvalue weighted by molar-refractivity contribution is -0.126. The van der Waals surface area contributed by atoms with E-state index in [-0.39, 0.29) is 11.8 Å². The number of carbonyl (C=O) groups is 1. The van der Waals surface area contributed by atoms with Crippen molar-refractivity contribution in [3.8, 4) is 5.75 Å². The number of carbonyl (C=O) groups excluding carboxylic acids is 1. The Balaban J connectivity index is 1.25. The fourth-order valence-corrected chi connectivity index (χ4v) is 3.76. The summed E-state index contributed by atoms with van der Waals surface area (Å²) in [4.78, 5) is 22.9. The van der Waals surface area contributed by atoms with Crippen LogP contribution in [-0.2, 0) is 17.9 Å². The number of hydrogen-bond acceptors (Lipinski definition) is 4. The van der Waals surface area contributed by atoms with Gasteiger partial charge in [0.05, 0.1) is 24.7 Å². The fraction of sp³-hybridized carbons (Fsp3) is 0.364. The average Bonchev–Trinajstić information content (AvgIpc) is 3.15. The van der Waals surface area contributed by atoms with E-state index < -0.39 is 0 Å². The summed E-state index contributed by atoms with van der Waals surface area (Å²) in [6, 6.07) is 15.9. The number of aromatic amines is 1. The van der Waals surface area contributed by atoms with Gasteiger partial charge in [-0.2, -0.15) is 0 Å². The molecule has 3 aromatic rings. The molecule has 146 valence electrons. The molecular formula is C22H26N4O2. The minimum Gasteiger partial charge on any atom is -0.497 e. The van der Waals surface area contributed by atoms with Gasteiger partial charge in [-0.05, 0) is 55.8 Å². The van der Waals surface area contributed by atoms with Crippen molar-refractivity contribution >= 4 is 16.9 Å². The molecular weight excluding hydrogens is 352 g/mol. The maximum absolute atomic E-state index is 12.5. The Hall–Kier alpha value is -2.86. The van der Waals surface area contributed by atoms with Gasteiger partial charge in [-0.3, -0.25) is 9.69 Å². The van der Waals surface area contributed by atoms with Crippen LogP contribution in [0.25, 0.3) is 11.0 Å². The molecule has 6 nitrogen and oxygen atoms in total. The van der Waals surface area contributed by atoms with Crippen LogP contribution in [0, 0.1) is 5.92 Å². The van der Waals surface area contributed by atoms with Crippen LogP contribution in [0.5, 0.6) is 5.75 Å². The first-order chi connectivity index (χ1) is 13.7. The van der Waals surface area contributed by atoms with Gasteiger partial charge in [0.1, 0.15) is 11.6 Å². The first-order valence-corrected chi connectivity index (χ1v) is 9.78. The molecule has 1 aliphatic rings. The van der Waals surface area contributed by atoms with Crippen molar-refractivity contribution in [3.05, 3.63) is 59.9 Å². The van der Waals surface area contributed by atoms with Crippen molar-refractivity contribution in [2.75, 3.05) is 20.2 Å². The second-order valence-electron chi connectivity index (χ2n) is 7.32. The number of H-pyrrole nitrogens is 1. The first kappa shape index (κ1) is 18.5. The van der Waals surface area contributed by atoms with Crippen molar-refractivity contribution < 1.29 is 9.53 Å². The van der Waals surface area contributed by atoms with E-state index in [1.807, 2.05) is 48.5 Å². The number of hydrogen-bond donors (Lipinski definition) is 2. The summed E-state index contributed by atoms with van der Waals surface area (Å²) in [5, 5.41) is 3.07. The van der Waals surface area contributed by atoms with Crippen LogP contribution >= 0.6 is 0 Å². The number of benzene rings is 2. The fourth-order valence-electron chi connectivity index (χ4n) is 3.76. The average molecular weight is 378 g/mol. The number of aromatic nitrogens is 2. The quantitative estimate of drug-likeness (QED) is 0.692. The van der Waals surface area contributed by atoms with Gasteiger partial charge in [-0.1, -0.05) is 24.3 Å². The number of methoxy groups -OCH3 is 1. The van der Waals surface area contributed by atoms with Gasteiger partial charge >= 0.3 is 0 Å². The Bertz CT molecular complexity index is 911. The number of nitrogens with zero attached hydrogens (tertiary/aromatic N) is 2. The second kappa shape index (κ2) is 8.44. The molecule has 4 rings (SSSR count). The number of para-hydroxylation sites is 2. The Morgan fingerprint density at radius 3 is 2.82 bits per heavy atom. The molecule has 1 aliphatic heterocycles. The van der Waals surface area contributed by atoms with Crippen LogP contribution in [0.4, 0.5) is 0 Å². The molecule has 1 amide bonds. The SMILES string of the molecule is COc1cccc(CNC(=O)C2CCN(Cc3nc4ccccc4[nH]3)CC2)c1. The number of rotatable bonds is 6. The maximum Gasteiger partial charge on any atom is 0.223 e. The lowest BCUT2D eigenvalue weighted by atomic mass is 9.96. The van der Waals surface area contributed by atoms with Crippen LogP contribution in [-0.4, -0.2) is 41.0 Å². The van der Waals surface area contributed by atoms with Crippen LogP contribution < -0.4 is 10.1 Å². The van der Waals surface area contributed by atoms with Crippen LogP contribution in [0.2, 0.25) is 0 Å². The smallest absolute Gasteiger partial charge is 0.223 e. The van der Waals surface area contributed by atoms with E-state index in [1.165, 1.54) is 0 Å². The summed E-state index contributed by atoms with van der Waals surface area (Å²) in [5.41, 5.74) is 3.13. The highest BCUT2D eigenvalue weighted by Crippen LogP contribution is 2.20. The van der Waals surface area contributed by atoms with Gasteiger partial charge in [-0.15, -0.1) is 0 Å². The van der Waals surface area contributed by atoms with Crippen LogP contribution in [0.1, 0.15) is 24.2 Å². The molecule has 2 N–H and O–H groups in total. The largest absolute Gasteiger partial charge is 0.497 e. The van der Waals surface area contributed by atoms with Gasteiger partial charge in [0.25, 0.3) is 0 Å². The summed E-state index contributed by atoms with van der Waals surface area (Å²) in [7, 11) is 1.65. The highest BCUT2D eigenvalue weighted by molar-refractivity contribution is 5.78. The number of nitrogens with one attached hydrogen (secondary N) is 2. The molecule has 0 spiro atoms. The molecule has 0 unspecified atom stereocenters. The molecule has 2 aromatic carbocycles. The van der Waals surface area contributed by atoms with Crippen molar-refractivity contribution in [1.82, 2.24) is 20.2 Å². The molecule has 1 fully saturated rings. The maximum atomic E-state index is 12.5. The van der Waals surface area contributed by atoms with E-state index in [9.17, 15) is 4.79 Å². The van der Waals surface area contributed by atoms with E-state index in [0.717, 1.165) is 60.6 Å². The number of fused-ring (bicyclic) bond motifs is 1. The zero-order valence-electron chi connectivity index (χ0n) is 16.1. The molecule has 0 radical (unpaired) electrons. The van der Waals surface area contributed by atoms with E-state index in [1.54, 1.807) is 7.11 Å². The third-order valence-corrected chi connectivity index (χ3v) is 5.37. The van der Waals surface area contributed by atoms with Gasteiger partial charge in [-0.25, -0.2) is 4.98 Å². The van der Waals surface area contributed by atoms with Gasteiger partial charge < -0.3 is 15.0 Å². The predicted octanol–water partition coefficient (Wildman–Crippen LogP) is 3.10. The molecule has 0 bridgehead atoms. The number of piperidine rings is 1. The Morgan fingerprint density at radius 1 is 1.21 bits per heavy atom. The first-order valence-electron chi connectivity index (χ1n) is 9.78. The lowest BCUT2D eigenvalue weighted by Gasteiger charge is -2.30. The topological polar surface area (TPSA) is 70.2 Å². The van der Waals surface area contributed by atoms with Crippen molar-refractivity contribution in [2.45, 2.75) is 25.9 Å². The highest BCUT2D eigenvalue weighted by Gasteiger charge is 2.25. The normalized spacial score (nSPS) is 15.6.